The van der Waals surface area contributed by atoms with Crippen LogP contribution < -0.4 is 11.1 Å². The Morgan fingerprint density at radius 1 is 1.11 bits per heavy atom. The highest BCUT2D eigenvalue weighted by atomic mass is 16.1. The predicted octanol–water partition coefficient (Wildman–Crippen LogP) is 2.40. The second-order valence-electron chi connectivity index (χ2n) is 3.76. The van der Waals surface area contributed by atoms with E-state index in [1.165, 1.54) is 0 Å². The third kappa shape index (κ3) is 2.66. The van der Waals surface area contributed by atoms with Crippen LogP contribution >= 0.6 is 0 Å². The summed E-state index contributed by atoms with van der Waals surface area (Å²) >= 11 is 0. The first-order valence-corrected chi connectivity index (χ1v) is 5.36. The lowest BCUT2D eigenvalue weighted by atomic mass is 10.1. The average molecular weight is 237 g/mol. The molecule has 0 aliphatic rings. The quantitative estimate of drug-likeness (QED) is 0.860. The molecule has 0 heterocycles. The first-order chi connectivity index (χ1) is 8.69. The summed E-state index contributed by atoms with van der Waals surface area (Å²) in [6.07, 6.45) is 0. The van der Waals surface area contributed by atoms with Crippen LogP contribution in [-0.4, -0.2) is 5.91 Å². The molecule has 2 aromatic carbocycles. The fourth-order valence-corrected chi connectivity index (χ4v) is 1.54. The molecule has 0 saturated carbocycles. The number of benzene rings is 2. The summed E-state index contributed by atoms with van der Waals surface area (Å²) in [7, 11) is 0. The standard InChI is InChI=1S/C14H11N3O/c15-9-10-4-6-12(7-5-10)17-13-3-1-2-11(8-13)14(16)18/h1-8,17H,(H2,16,18). The van der Waals surface area contributed by atoms with Crippen LogP contribution in [-0.2, 0) is 0 Å². The molecule has 0 spiro atoms. The van der Waals surface area contributed by atoms with Gasteiger partial charge in [0, 0.05) is 16.9 Å². The van der Waals surface area contributed by atoms with E-state index in [-0.39, 0.29) is 0 Å². The smallest absolute Gasteiger partial charge is 0.248 e. The number of nitriles is 1. The van der Waals surface area contributed by atoms with Crippen LogP contribution in [0.1, 0.15) is 15.9 Å². The normalized spacial score (nSPS) is 9.50. The highest BCUT2D eigenvalue weighted by Gasteiger charge is 2.01. The van der Waals surface area contributed by atoms with E-state index >= 15 is 0 Å². The van der Waals surface area contributed by atoms with Crippen molar-refractivity contribution >= 4 is 17.3 Å². The van der Waals surface area contributed by atoms with Crippen molar-refractivity contribution in [3.8, 4) is 6.07 Å². The molecule has 0 atom stereocenters. The van der Waals surface area contributed by atoms with Gasteiger partial charge in [0.25, 0.3) is 0 Å². The van der Waals surface area contributed by atoms with Crippen molar-refractivity contribution in [2.75, 3.05) is 5.32 Å². The molecule has 0 aliphatic carbocycles. The summed E-state index contributed by atoms with van der Waals surface area (Å²) in [5.74, 6) is -0.460. The van der Waals surface area contributed by atoms with Gasteiger partial charge in [0.05, 0.1) is 11.6 Å². The topological polar surface area (TPSA) is 78.9 Å². The van der Waals surface area contributed by atoms with Crippen molar-refractivity contribution in [3.63, 3.8) is 0 Å². The first kappa shape index (κ1) is 11.7. The molecule has 3 N–H and O–H groups in total. The van der Waals surface area contributed by atoms with E-state index in [9.17, 15) is 4.79 Å². The third-order valence-corrected chi connectivity index (χ3v) is 2.45. The maximum Gasteiger partial charge on any atom is 0.248 e. The molecule has 4 nitrogen and oxygen atoms in total. The van der Waals surface area contributed by atoms with Crippen molar-refractivity contribution in [1.29, 1.82) is 5.26 Å². The minimum Gasteiger partial charge on any atom is -0.366 e. The number of anilines is 2. The number of carbonyl (C=O) groups excluding carboxylic acids is 1. The highest BCUT2D eigenvalue weighted by Crippen LogP contribution is 2.18. The zero-order valence-corrected chi connectivity index (χ0v) is 9.55. The molecule has 4 heteroatoms. The molecule has 88 valence electrons. The predicted molar refractivity (Wildman–Crippen MR) is 69.4 cm³/mol. The molecule has 2 aromatic rings. The highest BCUT2D eigenvalue weighted by molar-refractivity contribution is 5.93. The van der Waals surface area contributed by atoms with Gasteiger partial charge in [0.15, 0.2) is 0 Å². The monoisotopic (exact) mass is 237 g/mol. The van der Waals surface area contributed by atoms with Gasteiger partial charge < -0.3 is 11.1 Å². The number of rotatable bonds is 3. The summed E-state index contributed by atoms with van der Waals surface area (Å²) in [6, 6.07) is 16.0. The molecule has 0 aromatic heterocycles. The van der Waals surface area contributed by atoms with Gasteiger partial charge in [-0.1, -0.05) is 6.07 Å². The zero-order valence-electron chi connectivity index (χ0n) is 9.55. The molecule has 0 unspecified atom stereocenters. The van der Waals surface area contributed by atoms with Crippen LogP contribution in [0.25, 0.3) is 0 Å². The molecule has 18 heavy (non-hydrogen) atoms. The molecular formula is C14H11N3O. The number of nitrogens with zero attached hydrogens (tertiary/aromatic N) is 1. The van der Waals surface area contributed by atoms with Crippen molar-refractivity contribution in [3.05, 3.63) is 59.7 Å². The molecule has 2 rings (SSSR count). The Kier molecular flexibility index (Phi) is 3.26. The summed E-state index contributed by atoms with van der Waals surface area (Å²) in [6.45, 7) is 0. The van der Waals surface area contributed by atoms with Crippen LogP contribution in [0.5, 0.6) is 0 Å². The second kappa shape index (κ2) is 5.02. The maximum absolute atomic E-state index is 11.0. The number of primary amides is 1. The van der Waals surface area contributed by atoms with Crippen LogP contribution in [0.15, 0.2) is 48.5 Å². The van der Waals surface area contributed by atoms with E-state index < -0.39 is 5.91 Å². The molecular weight excluding hydrogens is 226 g/mol. The van der Waals surface area contributed by atoms with Gasteiger partial charge in [0.2, 0.25) is 5.91 Å². The lowest BCUT2D eigenvalue weighted by Crippen LogP contribution is -2.10. The summed E-state index contributed by atoms with van der Waals surface area (Å²) < 4.78 is 0. The van der Waals surface area contributed by atoms with Gasteiger partial charge in [-0.25, -0.2) is 0 Å². The van der Waals surface area contributed by atoms with Gasteiger partial charge >= 0.3 is 0 Å². The maximum atomic E-state index is 11.0. The Morgan fingerprint density at radius 3 is 2.44 bits per heavy atom. The van der Waals surface area contributed by atoms with Crippen molar-refractivity contribution in [2.45, 2.75) is 0 Å². The number of nitrogens with two attached hydrogens (primary N) is 1. The fraction of sp³-hybridized carbons (Fsp3) is 0. The van der Waals surface area contributed by atoms with Crippen molar-refractivity contribution in [2.24, 2.45) is 5.73 Å². The van der Waals surface area contributed by atoms with Gasteiger partial charge in [-0.15, -0.1) is 0 Å². The summed E-state index contributed by atoms with van der Waals surface area (Å²) in [5.41, 5.74) is 7.88. The van der Waals surface area contributed by atoms with E-state index in [0.717, 1.165) is 11.4 Å². The Hall–Kier alpha value is -2.80. The molecule has 0 radical (unpaired) electrons. The van der Waals surface area contributed by atoms with Gasteiger partial charge in [-0.3, -0.25) is 4.79 Å². The van der Waals surface area contributed by atoms with E-state index in [4.69, 9.17) is 11.0 Å². The molecule has 0 aliphatic heterocycles. The fourth-order valence-electron chi connectivity index (χ4n) is 1.54. The largest absolute Gasteiger partial charge is 0.366 e. The van der Waals surface area contributed by atoms with E-state index in [1.807, 2.05) is 6.07 Å². The van der Waals surface area contributed by atoms with Crippen LogP contribution in [0, 0.1) is 11.3 Å². The molecule has 0 saturated heterocycles. The molecule has 0 fully saturated rings. The Bertz CT molecular complexity index is 612. The van der Waals surface area contributed by atoms with E-state index in [1.54, 1.807) is 42.5 Å². The van der Waals surface area contributed by atoms with E-state index in [2.05, 4.69) is 11.4 Å². The number of nitrogens with one attached hydrogen (secondary N) is 1. The number of amides is 1. The Balaban J connectivity index is 2.20. The zero-order chi connectivity index (χ0) is 13.0. The minimum absolute atomic E-state index is 0.452. The number of hydrogen-bond donors (Lipinski definition) is 2. The van der Waals surface area contributed by atoms with Crippen molar-refractivity contribution < 1.29 is 4.79 Å². The summed E-state index contributed by atoms with van der Waals surface area (Å²) in [4.78, 5) is 11.0. The lowest BCUT2D eigenvalue weighted by molar-refractivity contribution is 0.100. The molecule has 1 amide bonds. The first-order valence-electron chi connectivity index (χ1n) is 5.36. The van der Waals surface area contributed by atoms with Crippen molar-refractivity contribution in [1.82, 2.24) is 0 Å². The van der Waals surface area contributed by atoms with Gasteiger partial charge in [0.1, 0.15) is 0 Å². The van der Waals surface area contributed by atoms with Gasteiger partial charge in [-0.05, 0) is 42.5 Å². The third-order valence-electron chi connectivity index (χ3n) is 2.45. The van der Waals surface area contributed by atoms with Crippen LogP contribution in [0.3, 0.4) is 0 Å². The molecule has 0 bridgehead atoms. The minimum atomic E-state index is -0.460. The average Bonchev–Trinajstić information content (AvgIpc) is 2.40. The summed E-state index contributed by atoms with van der Waals surface area (Å²) in [5, 5.41) is 11.8. The SMILES string of the molecule is N#Cc1ccc(Nc2cccc(C(N)=O)c2)cc1. The second-order valence-corrected chi connectivity index (χ2v) is 3.76. The Labute approximate surface area is 105 Å². The lowest BCUT2D eigenvalue weighted by Gasteiger charge is -2.07. The van der Waals surface area contributed by atoms with Crippen LogP contribution in [0.4, 0.5) is 11.4 Å². The number of hydrogen-bond acceptors (Lipinski definition) is 3. The Morgan fingerprint density at radius 2 is 1.83 bits per heavy atom. The van der Waals surface area contributed by atoms with Gasteiger partial charge in [-0.2, -0.15) is 5.26 Å². The van der Waals surface area contributed by atoms with Crippen LogP contribution in [0.2, 0.25) is 0 Å². The number of carbonyl (C=O) groups is 1. The van der Waals surface area contributed by atoms with E-state index in [0.29, 0.717) is 11.1 Å².